The molecule has 12 heteroatoms. The van der Waals surface area contributed by atoms with Gasteiger partial charge in [0.05, 0.1) is 10.5 Å². The Labute approximate surface area is 194 Å². The van der Waals surface area contributed by atoms with E-state index in [1.165, 1.54) is 4.90 Å². The smallest absolute Gasteiger partial charge is 0.417 e. The van der Waals surface area contributed by atoms with Crippen LogP contribution in [0.5, 0.6) is 0 Å². The van der Waals surface area contributed by atoms with Crippen LogP contribution >= 0.6 is 0 Å². The number of carbonyl (C=O) groups is 2. The van der Waals surface area contributed by atoms with Gasteiger partial charge in [-0.05, 0) is 29.8 Å². The van der Waals surface area contributed by atoms with E-state index in [9.17, 15) is 31.2 Å². The largest absolute Gasteiger partial charge is 0.445 e. The summed E-state index contributed by atoms with van der Waals surface area (Å²) in [4.78, 5) is 24.0. The van der Waals surface area contributed by atoms with Gasteiger partial charge in [-0.1, -0.05) is 36.9 Å². The molecule has 8 nitrogen and oxygen atoms in total. The van der Waals surface area contributed by atoms with Crippen LogP contribution in [0.2, 0.25) is 0 Å². The fraction of sp³-hybridized carbons (Fsp3) is 0.273. The molecule has 1 aliphatic rings. The standard InChI is InChI=1S/C22H22F3N3O5S/c1-2-20(29)26-17-8-9-19(18(14-17)22(23,24)25)34(31,32)28-12-10-27(11-13-28)21(30)33-15-16-6-4-3-5-7-16/h2-9,14H,1,10-13,15H2,(H,26,29). The van der Waals surface area contributed by atoms with E-state index in [-0.39, 0.29) is 38.5 Å². The number of hydrogen-bond donors (Lipinski definition) is 1. The van der Waals surface area contributed by atoms with Crippen molar-refractivity contribution in [3.8, 4) is 0 Å². The third-order valence-electron chi connectivity index (χ3n) is 5.06. The van der Waals surface area contributed by atoms with E-state index in [1.54, 1.807) is 24.3 Å². The fourth-order valence-electron chi connectivity index (χ4n) is 3.31. The summed E-state index contributed by atoms with van der Waals surface area (Å²) in [6.07, 6.45) is -4.75. The average Bonchev–Trinajstić information content (AvgIpc) is 2.82. The van der Waals surface area contributed by atoms with Gasteiger partial charge in [0, 0.05) is 31.9 Å². The highest BCUT2D eigenvalue weighted by molar-refractivity contribution is 7.89. The Bertz CT molecular complexity index is 1160. The number of sulfonamides is 1. The molecular formula is C22H22F3N3O5S. The monoisotopic (exact) mass is 497 g/mol. The van der Waals surface area contributed by atoms with Gasteiger partial charge in [-0.3, -0.25) is 4.79 Å². The summed E-state index contributed by atoms with van der Waals surface area (Å²) in [5.41, 5.74) is -0.842. The number of rotatable bonds is 6. The van der Waals surface area contributed by atoms with E-state index in [4.69, 9.17) is 4.74 Å². The minimum atomic E-state index is -4.99. The molecule has 182 valence electrons. The second-order valence-corrected chi connectivity index (χ2v) is 9.24. The first-order valence-electron chi connectivity index (χ1n) is 10.1. The number of piperazine rings is 1. The molecule has 0 unspecified atom stereocenters. The van der Waals surface area contributed by atoms with Crippen LogP contribution in [0.15, 0.2) is 66.1 Å². The lowest BCUT2D eigenvalue weighted by molar-refractivity contribution is -0.139. The number of halogens is 3. The normalized spacial score (nSPS) is 15.0. The van der Waals surface area contributed by atoms with Gasteiger partial charge in [-0.2, -0.15) is 17.5 Å². The zero-order valence-electron chi connectivity index (χ0n) is 17.9. The SMILES string of the molecule is C=CC(=O)Nc1ccc(S(=O)(=O)N2CCN(C(=O)OCc3ccccc3)CC2)c(C(F)(F)F)c1. The van der Waals surface area contributed by atoms with E-state index >= 15 is 0 Å². The van der Waals surface area contributed by atoms with Crippen molar-refractivity contribution >= 4 is 27.7 Å². The molecule has 34 heavy (non-hydrogen) atoms. The molecule has 0 saturated carbocycles. The Morgan fingerprint density at radius 1 is 1.06 bits per heavy atom. The third-order valence-corrected chi connectivity index (χ3v) is 7.01. The van der Waals surface area contributed by atoms with E-state index in [1.807, 2.05) is 6.07 Å². The maximum atomic E-state index is 13.7. The number of carbonyl (C=O) groups excluding carboxylic acids is 2. The maximum absolute atomic E-state index is 13.7. The number of alkyl halides is 3. The molecule has 0 atom stereocenters. The molecule has 1 aliphatic heterocycles. The van der Waals surface area contributed by atoms with Crippen LogP contribution in [0.4, 0.5) is 23.7 Å². The second-order valence-electron chi connectivity index (χ2n) is 7.33. The molecule has 2 amide bonds. The van der Waals surface area contributed by atoms with Crippen molar-refractivity contribution in [2.75, 3.05) is 31.5 Å². The van der Waals surface area contributed by atoms with Crippen LogP contribution in [0.25, 0.3) is 0 Å². The van der Waals surface area contributed by atoms with Crippen LogP contribution in [-0.4, -0.2) is 55.8 Å². The van der Waals surface area contributed by atoms with Gasteiger partial charge in [0.1, 0.15) is 6.61 Å². The Balaban J connectivity index is 1.71. The van der Waals surface area contributed by atoms with Crippen molar-refractivity contribution in [1.29, 1.82) is 0 Å². The van der Waals surface area contributed by atoms with E-state index < -0.39 is 38.7 Å². The van der Waals surface area contributed by atoms with Gasteiger partial charge in [0.25, 0.3) is 0 Å². The van der Waals surface area contributed by atoms with Crippen LogP contribution in [-0.2, 0) is 32.3 Å². The lowest BCUT2D eigenvalue weighted by Crippen LogP contribution is -2.50. The lowest BCUT2D eigenvalue weighted by atomic mass is 10.2. The number of benzene rings is 2. The zero-order valence-corrected chi connectivity index (χ0v) is 18.7. The van der Waals surface area contributed by atoms with E-state index in [0.717, 1.165) is 28.1 Å². The lowest BCUT2D eigenvalue weighted by Gasteiger charge is -2.33. The maximum Gasteiger partial charge on any atom is 0.417 e. The molecule has 0 spiro atoms. The zero-order chi connectivity index (χ0) is 24.9. The molecule has 2 aromatic carbocycles. The Morgan fingerprint density at radius 2 is 1.71 bits per heavy atom. The minimum Gasteiger partial charge on any atom is -0.445 e. The summed E-state index contributed by atoms with van der Waals surface area (Å²) in [5.74, 6) is -0.737. The second kappa shape index (κ2) is 10.3. The fourth-order valence-corrected chi connectivity index (χ4v) is 4.92. The summed E-state index contributed by atoms with van der Waals surface area (Å²) < 4.78 is 73.1. The predicted octanol–water partition coefficient (Wildman–Crippen LogP) is 3.47. The van der Waals surface area contributed by atoms with Crippen molar-refractivity contribution in [3.63, 3.8) is 0 Å². The van der Waals surface area contributed by atoms with Crippen molar-refractivity contribution in [2.45, 2.75) is 17.7 Å². The van der Waals surface area contributed by atoms with Crippen molar-refractivity contribution in [2.24, 2.45) is 0 Å². The molecule has 0 radical (unpaired) electrons. The molecule has 0 bridgehead atoms. The number of nitrogens with one attached hydrogen (secondary N) is 1. The highest BCUT2D eigenvalue weighted by Crippen LogP contribution is 2.37. The summed E-state index contributed by atoms with van der Waals surface area (Å²) >= 11 is 0. The molecular weight excluding hydrogens is 475 g/mol. The molecule has 1 heterocycles. The highest BCUT2D eigenvalue weighted by Gasteiger charge is 2.40. The highest BCUT2D eigenvalue weighted by atomic mass is 32.2. The number of ether oxygens (including phenoxy) is 1. The number of nitrogens with zero attached hydrogens (tertiary/aromatic N) is 2. The molecule has 2 aromatic rings. The minimum absolute atomic E-state index is 0.0400. The van der Waals surface area contributed by atoms with Gasteiger partial charge >= 0.3 is 12.3 Å². The molecule has 1 fully saturated rings. The summed E-state index contributed by atoms with van der Waals surface area (Å²) in [6, 6.07) is 11.4. The van der Waals surface area contributed by atoms with E-state index in [2.05, 4.69) is 11.9 Å². The first-order chi connectivity index (χ1) is 16.0. The Morgan fingerprint density at radius 3 is 2.29 bits per heavy atom. The van der Waals surface area contributed by atoms with Gasteiger partial charge in [-0.15, -0.1) is 0 Å². The van der Waals surface area contributed by atoms with Crippen LogP contribution in [0, 0.1) is 0 Å². The summed E-state index contributed by atoms with van der Waals surface area (Å²) in [7, 11) is -4.53. The van der Waals surface area contributed by atoms with Crippen molar-refractivity contribution in [3.05, 3.63) is 72.3 Å². The molecule has 1 N–H and O–H groups in total. The Kier molecular flexibility index (Phi) is 7.62. The summed E-state index contributed by atoms with van der Waals surface area (Å²) in [5, 5.41) is 2.18. The first-order valence-corrected chi connectivity index (χ1v) is 11.6. The van der Waals surface area contributed by atoms with Crippen LogP contribution in [0.1, 0.15) is 11.1 Å². The number of amides is 2. The van der Waals surface area contributed by atoms with Gasteiger partial charge in [-0.25, -0.2) is 13.2 Å². The van der Waals surface area contributed by atoms with Crippen molar-refractivity contribution < 1.29 is 35.9 Å². The van der Waals surface area contributed by atoms with Gasteiger partial charge in [0.2, 0.25) is 15.9 Å². The Hall–Kier alpha value is -3.38. The number of anilines is 1. The third kappa shape index (κ3) is 5.94. The topological polar surface area (TPSA) is 96.0 Å². The first kappa shape index (κ1) is 25.2. The average molecular weight is 497 g/mol. The molecule has 0 aromatic heterocycles. The quantitative estimate of drug-likeness (QED) is 0.617. The van der Waals surface area contributed by atoms with Crippen molar-refractivity contribution in [1.82, 2.24) is 9.21 Å². The number of hydrogen-bond acceptors (Lipinski definition) is 5. The predicted molar refractivity (Wildman–Crippen MR) is 117 cm³/mol. The van der Waals surface area contributed by atoms with Gasteiger partial charge < -0.3 is 15.0 Å². The summed E-state index contributed by atoms with van der Waals surface area (Å²) in [6.45, 7) is 2.78. The van der Waals surface area contributed by atoms with Crippen LogP contribution < -0.4 is 5.32 Å². The molecule has 3 rings (SSSR count). The van der Waals surface area contributed by atoms with Gasteiger partial charge in [0.15, 0.2) is 0 Å². The van der Waals surface area contributed by atoms with Crippen LogP contribution in [0.3, 0.4) is 0 Å². The molecule has 1 saturated heterocycles. The molecule has 0 aliphatic carbocycles. The van der Waals surface area contributed by atoms with E-state index in [0.29, 0.717) is 6.07 Å².